The Balaban J connectivity index is 1.50. The zero-order valence-corrected chi connectivity index (χ0v) is 16.3. The molecule has 0 aliphatic carbocycles. The van der Waals surface area contributed by atoms with Gasteiger partial charge >= 0.3 is 0 Å². The number of amides is 1. The van der Waals surface area contributed by atoms with E-state index in [2.05, 4.69) is 10.2 Å². The summed E-state index contributed by atoms with van der Waals surface area (Å²) in [5.41, 5.74) is 1.96. The van der Waals surface area contributed by atoms with Crippen LogP contribution in [0.5, 0.6) is 5.75 Å². The summed E-state index contributed by atoms with van der Waals surface area (Å²) in [6.07, 6.45) is 1.59. The molecule has 0 aromatic heterocycles. The molecule has 0 atom stereocenters. The summed E-state index contributed by atoms with van der Waals surface area (Å²) in [4.78, 5) is 14.5. The Morgan fingerprint density at radius 2 is 1.86 bits per heavy atom. The minimum Gasteiger partial charge on any atom is -0.489 e. The number of nitrogens with one attached hydrogen (secondary N) is 1. The molecule has 1 aliphatic heterocycles. The lowest BCUT2D eigenvalue weighted by Crippen LogP contribution is -2.41. The Bertz CT molecular complexity index is 851. The number of carbonyl (C=O) groups excluding carboxylic acids is 1. The quantitative estimate of drug-likeness (QED) is 0.553. The second kappa shape index (κ2) is 11.0. The fraction of sp³-hybridized carbons (Fsp3) is 0.304. The molecular formula is C23H25N3O3. The number of ether oxygens (including phenoxy) is 2. The molecule has 6 heteroatoms. The SMILES string of the molecule is N#CC(=Cc1ccc(OCc2ccccc2)cc1)C(=O)NCCN1CCOCC1. The van der Waals surface area contributed by atoms with E-state index < -0.39 is 0 Å². The minimum absolute atomic E-state index is 0.0879. The van der Waals surface area contributed by atoms with Crippen LogP contribution in [-0.4, -0.2) is 50.2 Å². The molecule has 0 saturated carbocycles. The van der Waals surface area contributed by atoms with Gasteiger partial charge in [0, 0.05) is 26.2 Å². The highest BCUT2D eigenvalue weighted by atomic mass is 16.5. The monoisotopic (exact) mass is 391 g/mol. The average molecular weight is 391 g/mol. The van der Waals surface area contributed by atoms with Crippen molar-refractivity contribution in [3.05, 3.63) is 71.3 Å². The number of morpholine rings is 1. The number of hydrogen-bond donors (Lipinski definition) is 1. The molecule has 1 N–H and O–H groups in total. The zero-order valence-electron chi connectivity index (χ0n) is 16.3. The van der Waals surface area contributed by atoms with Crippen LogP contribution in [-0.2, 0) is 16.1 Å². The highest BCUT2D eigenvalue weighted by molar-refractivity contribution is 6.01. The van der Waals surface area contributed by atoms with E-state index in [9.17, 15) is 10.1 Å². The summed E-state index contributed by atoms with van der Waals surface area (Å²) in [6.45, 7) is 4.94. The first-order valence-electron chi connectivity index (χ1n) is 9.71. The summed E-state index contributed by atoms with van der Waals surface area (Å²) in [7, 11) is 0. The van der Waals surface area contributed by atoms with Crippen LogP contribution in [0.15, 0.2) is 60.2 Å². The van der Waals surface area contributed by atoms with E-state index >= 15 is 0 Å². The molecule has 2 aromatic carbocycles. The van der Waals surface area contributed by atoms with Gasteiger partial charge in [-0.2, -0.15) is 5.26 Å². The molecule has 1 heterocycles. The average Bonchev–Trinajstić information content (AvgIpc) is 2.78. The lowest BCUT2D eigenvalue weighted by Gasteiger charge is -2.26. The Morgan fingerprint density at radius 3 is 2.55 bits per heavy atom. The number of carbonyl (C=O) groups is 1. The van der Waals surface area contributed by atoms with Crippen LogP contribution in [0.2, 0.25) is 0 Å². The summed E-state index contributed by atoms with van der Waals surface area (Å²) in [6, 6.07) is 19.2. The van der Waals surface area contributed by atoms with E-state index in [4.69, 9.17) is 9.47 Å². The van der Waals surface area contributed by atoms with Crippen molar-refractivity contribution in [2.45, 2.75) is 6.61 Å². The maximum Gasteiger partial charge on any atom is 0.261 e. The van der Waals surface area contributed by atoms with Crippen molar-refractivity contribution in [3.63, 3.8) is 0 Å². The van der Waals surface area contributed by atoms with Crippen molar-refractivity contribution in [1.29, 1.82) is 5.26 Å². The molecule has 0 bridgehead atoms. The van der Waals surface area contributed by atoms with Gasteiger partial charge in [0.2, 0.25) is 0 Å². The molecule has 150 valence electrons. The van der Waals surface area contributed by atoms with Gasteiger partial charge in [-0.05, 0) is 29.3 Å². The lowest BCUT2D eigenvalue weighted by molar-refractivity contribution is -0.117. The van der Waals surface area contributed by atoms with Crippen LogP contribution >= 0.6 is 0 Å². The third-order valence-electron chi connectivity index (χ3n) is 4.62. The van der Waals surface area contributed by atoms with Crippen molar-refractivity contribution >= 4 is 12.0 Å². The Kier molecular flexibility index (Phi) is 7.81. The fourth-order valence-corrected chi connectivity index (χ4v) is 2.96. The van der Waals surface area contributed by atoms with Crippen LogP contribution in [0.3, 0.4) is 0 Å². The molecular weight excluding hydrogens is 366 g/mol. The van der Waals surface area contributed by atoms with Crippen LogP contribution in [0.25, 0.3) is 6.08 Å². The van der Waals surface area contributed by atoms with Crippen molar-refractivity contribution < 1.29 is 14.3 Å². The van der Waals surface area contributed by atoms with Gasteiger partial charge in [-0.15, -0.1) is 0 Å². The van der Waals surface area contributed by atoms with Crippen LogP contribution in [0, 0.1) is 11.3 Å². The normalized spacial score (nSPS) is 14.8. The molecule has 2 aromatic rings. The Hall–Kier alpha value is -3.14. The molecule has 0 spiro atoms. The summed E-state index contributed by atoms with van der Waals surface area (Å²) in [5, 5.41) is 12.2. The molecule has 3 rings (SSSR count). The third kappa shape index (κ3) is 6.75. The molecule has 0 unspecified atom stereocenters. The van der Waals surface area contributed by atoms with Gasteiger partial charge in [0.1, 0.15) is 24.0 Å². The summed E-state index contributed by atoms with van der Waals surface area (Å²) in [5.74, 6) is 0.379. The first kappa shape index (κ1) is 20.6. The zero-order chi connectivity index (χ0) is 20.3. The van der Waals surface area contributed by atoms with Gasteiger partial charge in [-0.25, -0.2) is 0 Å². The summed E-state index contributed by atoms with van der Waals surface area (Å²) >= 11 is 0. The lowest BCUT2D eigenvalue weighted by atomic mass is 10.1. The number of nitrogens with zero attached hydrogens (tertiary/aromatic N) is 2. The molecule has 0 radical (unpaired) electrons. The largest absolute Gasteiger partial charge is 0.489 e. The van der Waals surface area contributed by atoms with E-state index in [1.54, 1.807) is 6.08 Å². The molecule has 1 aliphatic rings. The van der Waals surface area contributed by atoms with Crippen molar-refractivity contribution in [1.82, 2.24) is 10.2 Å². The van der Waals surface area contributed by atoms with Crippen LogP contribution in [0.1, 0.15) is 11.1 Å². The number of nitriles is 1. The molecule has 1 amide bonds. The minimum atomic E-state index is -0.356. The fourth-order valence-electron chi connectivity index (χ4n) is 2.96. The topological polar surface area (TPSA) is 74.6 Å². The first-order valence-corrected chi connectivity index (χ1v) is 9.71. The molecule has 1 saturated heterocycles. The maximum atomic E-state index is 12.3. The Morgan fingerprint density at radius 1 is 1.14 bits per heavy atom. The van der Waals surface area contributed by atoms with E-state index in [1.807, 2.05) is 60.7 Å². The highest BCUT2D eigenvalue weighted by Gasteiger charge is 2.12. The number of benzene rings is 2. The standard InChI is InChI=1S/C23H25N3O3/c24-17-21(23(27)25-10-11-26-12-14-28-15-13-26)16-19-6-8-22(9-7-19)29-18-20-4-2-1-3-5-20/h1-9,16H,10-15,18H2,(H,25,27). The third-order valence-corrected chi connectivity index (χ3v) is 4.62. The number of rotatable bonds is 8. The maximum absolute atomic E-state index is 12.3. The smallest absolute Gasteiger partial charge is 0.261 e. The van der Waals surface area contributed by atoms with Crippen LogP contribution < -0.4 is 10.1 Å². The number of hydrogen-bond acceptors (Lipinski definition) is 5. The van der Waals surface area contributed by atoms with Gasteiger partial charge in [0.05, 0.1) is 13.2 Å². The van der Waals surface area contributed by atoms with E-state index in [0.29, 0.717) is 13.2 Å². The first-order chi connectivity index (χ1) is 14.2. The van der Waals surface area contributed by atoms with Crippen LogP contribution in [0.4, 0.5) is 0 Å². The molecule has 29 heavy (non-hydrogen) atoms. The second-order valence-corrected chi connectivity index (χ2v) is 6.72. The van der Waals surface area contributed by atoms with E-state index in [-0.39, 0.29) is 11.5 Å². The Labute approximate surface area is 171 Å². The van der Waals surface area contributed by atoms with Gasteiger partial charge in [-0.3, -0.25) is 9.69 Å². The van der Waals surface area contributed by atoms with Crippen molar-refractivity contribution in [2.24, 2.45) is 0 Å². The van der Waals surface area contributed by atoms with Crippen molar-refractivity contribution in [3.8, 4) is 11.8 Å². The van der Waals surface area contributed by atoms with Gasteiger partial charge < -0.3 is 14.8 Å². The van der Waals surface area contributed by atoms with E-state index in [0.717, 1.165) is 49.7 Å². The van der Waals surface area contributed by atoms with Crippen molar-refractivity contribution in [2.75, 3.05) is 39.4 Å². The second-order valence-electron chi connectivity index (χ2n) is 6.72. The molecule has 6 nitrogen and oxygen atoms in total. The van der Waals surface area contributed by atoms with Gasteiger partial charge in [-0.1, -0.05) is 42.5 Å². The summed E-state index contributed by atoms with van der Waals surface area (Å²) < 4.78 is 11.1. The predicted molar refractivity (Wildman–Crippen MR) is 111 cm³/mol. The van der Waals surface area contributed by atoms with Gasteiger partial charge in [0.15, 0.2) is 0 Å². The van der Waals surface area contributed by atoms with E-state index in [1.165, 1.54) is 0 Å². The highest BCUT2D eigenvalue weighted by Crippen LogP contribution is 2.16. The predicted octanol–water partition coefficient (Wildman–Crippen LogP) is 2.62. The molecule has 1 fully saturated rings. The van der Waals surface area contributed by atoms with Gasteiger partial charge in [0.25, 0.3) is 5.91 Å².